The van der Waals surface area contributed by atoms with Crippen LogP contribution >= 0.6 is 0 Å². The van der Waals surface area contributed by atoms with Crippen LogP contribution in [0.25, 0.3) is 0 Å². The van der Waals surface area contributed by atoms with Crippen molar-refractivity contribution in [2.24, 2.45) is 5.73 Å². The van der Waals surface area contributed by atoms with Gasteiger partial charge in [-0.1, -0.05) is 0 Å². The highest BCUT2D eigenvalue weighted by atomic mass is 15.3. The number of rotatable bonds is 5. The van der Waals surface area contributed by atoms with Crippen LogP contribution in [0.5, 0.6) is 0 Å². The summed E-state index contributed by atoms with van der Waals surface area (Å²) >= 11 is 0. The fraction of sp³-hybridized carbons (Fsp3) is 0.700. The van der Waals surface area contributed by atoms with Gasteiger partial charge in [0.05, 0.1) is 11.4 Å². The lowest BCUT2D eigenvalue weighted by molar-refractivity contribution is 0.324. The third-order valence-corrected chi connectivity index (χ3v) is 2.23. The molecule has 0 fully saturated rings. The lowest BCUT2D eigenvalue weighted by Crippen LogP contribution is -2.26. The van der Waals surface area contributed by atoms with E-state index in [1.165, 1.54) is 5.69 Å². The summed E-state index contributed by atoms with van der Waals surface area (Å²) in [5, 5.41) is 4.40. The highest BCUT2D eigenvalue weighted by molar-refractivity contribution is 5.08. The maximum Gasteiger partial charge on any atom is 0.0597 e. The fourth-order valence-electron chi connectivity index (χ4n) is 1.58. The summed E-state index contributed by atoms with van der Waals surface area (Å²) < 4.78 is 2.04. The van der Waals surface area contributed by atoms with E-state index < -0.39 is 0 Å². The molecule has 0 unspecified atom stereocenters. The zero-order chi connectivity index (χ0) is 10.6. The largest absolute Gasteiger partial charge is 0.329 e. The highest BCUT2D eigenvalue weighted by Gasteiger charge is 2.06. The number of hydrogen-bond donors (Lipinski definition) is 1. The van der Waals surface area contributed by atoms with E-state index in [0.717, 1.165) is 25.3 Å². The lowest BCUT2D eigenvalue weighted by Gasteiger charge is -2.15. The fourth-order valence-corrected chi connectivity index (χ4v) is 1.58. The zero-order valence-corrected chi connectivity index (χ0v) is 9.32. The SMILES string of the molecule is CCn1nc(C)cc1CN(C)CCN. The maximum atomic E-state index is 5.49. The van der Waals surface area contributed by atoms with Crippen molar-refractivity contribution in [2.75, 3.05) is 20.1 Å². The Morgan fingerprint density at radius 2 is 2.29 bits per heavy atom. The van der Waals surface area contributed by atoms with Gasteiger partial charge in [0.15, 0.2) is 0 Å². The molecule has 1 rings (SSSR count). The minimum Gasteiger partial charge on any atom is -0.329 e. The number of nitrogens with zero attached hydrogens (tertiary/aromatic N) is 3. The Kier molecular flexibility index (Phi) is 4.10. The molecule has 0 radical (unpaired) electrons. The molecule has 0 aliphatic heterocycles. The number of hydrogen-bond acceptors (Lipinski definition) is 3. The standard InChI is InChI=1S/C10H20N4/c1-4-14-10(7-9(2)12-14)8-13(3)6-5-11/h7H,4-6,8,11H2,1-3H3. The number of likely N-dealkylation sites (N-methyl/N-ethyl adjacent to an activating group) is 1. The second kappa shape index (κ2) is 5.12. The van der Waals surface area contributed by atoms with Crippen molar-refractivity contribution in [2.45, 2.75) is 26.9 Å². The minimum absolute atomic E-state index is 0.704. The molecule has 0 spiro atoms. The van der Waals surface area contributed by atoms with Crippen molar-refractivity contribution < 1.29 is 0 Å². The van der Waals surface area contributed by atoms with Gasteiger partial charge in [0.1, 0.15) is 0 Å². The van der Waals surface area contributed by atoms with Crippen LogP contribution in [-0.4, -0.2) is 34.8 Å². The number of nitrogens with two attached hydrogens (primary N) is 1. The average Bonchev–Trinajstić information content (AvgIpc) is 2.46. The first kappa shape index (κ1) is 11.2. The Morgan fingerprint density at radius 1 is 1.57 bits per heavy atom. The normalized spacial score (nSPS) is 11.2. The van der Waals surface area contributed by atoms with Crippen LogP contribution in [0.2, 0.25) is 0 Å². The van der Waals surface area contributed by atoms with E-state index in [1.54, 1.807) is 0 Å². The third-order valence-electron chi connectivity index (χ3n) is 2.23. The molecule has 4 heteroatoms. The summed E-state index contributed by atoms with van der Waals surface area (Å²) in [6.07, 6.45) is 0. The third kappa shape index (κ3) is 2.82. The molecule has 0 atom stereocenters. The molecule has 0 bridgehead atoms. The van der Waals surface area contributed by atoms with Crippen LogP contribution in [-0.2, 0) is 13.1 Å². The van der Waals surface area contributed by atoms with E-state index in [2.05, 4.69) is 30.0 Å². The van der Waals surface area contributed by atoms with Gasteiger partial charge in [-0.05, 0) is 27.0 Å². The van der Waals surface area contributed by atoms with Crippen molar-refractivity contribution >= 4 is 0 Å². The van der Waals surface area contributed by atoms with Crippen molar-refractivity contribution in [1.29, 1.82) is 0 Å². The lowest BCUT2D eigenvalue weighted by atomic mass is 10.3. The van der Waals surface area contributed by atoms with Gasteiger partial charge < -0.3 is 5.73 Å². The molecular formula is C10H20N4. The van der Waals surface area contributed by atoms with Crippen LogP contribution in [0.3, 0.4) is 0 Å². The van der Waals surface area contributed by atoms with Crippen LogP contribution in [0, 0.1) is 6.92 Å². The molecule has 4 nitrogen and oxygen atoms in total. The Bertz CT molecular complexity index is 280. The van der Waals surface area contributed by atoms with Crippen molar-refractivity contribution in [3.8, 4) is 0 Å². The molecule has 0 aromatic carbocycles. The predicted molar refractivity (Wildman–Crippen MR) is 58.0 cm³/mol. The maximum absolute atomic E-state index is 5.49. The average molecular weight is 196 g/mol. The van der Waals surface area contributed by atoms with Crippen LogP contribution in [0.1, 0.15) is 18.3 Å². The van der Waals surface area contributed by atoms with Gasteiger partial charge in [0, 0.05) is 26.2 Å². The minimum atomic E-state index is 0.704. The summed E-state index contributed by atoms with van der Waals surface area (Å²) in [4.78, 5) is 2.21. The Hall–Kier alpha value is -0.870. The molecule has 0 saturated carbocycles. The van der Waals surface area contributed by atoms with Crippen molar-refractivity contribution in [3.05, 3.63) is 17.5 Å². The second-order valence-electron chi connectivity index (χ2n) is 3.62. The first-order valence-corrected chi connectivity index (χ1v) is 5.09. The van der Waals surface area contributed by atoms with E-state index in [9.17, 15) is 0 Å². The topological polar surface area (TPSA) is 47.1 Å². The van der Waals surface area contributed by atoms with Gasteiger partial charge in [-0.2, -0.15) is 5.10 Å². The Balaban J connectivity index is 2.65. The molecule has 2 N–H and O–H groups in total. The zero-order valence-electron chi connectivity index (χ0n) is 9.32. The van der Waals surface area contributed by atoms with Crippen molar-refractivity contribution in [3.63, 3.8) is 0 Å². The quantitative estimate of drug-likeness (QED) is 0.750. The predicted octanol–water partition coefficient (Wildman–Crippen LogP) is 0.602. The van der Waals surface area contributed by atoms with Gasteiger partial charge >= 0.3 is 0 Å². The summed E-state index contributed by atoms with van der Waals surface area (Å²) in [6, 6.07) is 2.14. The molecule has 1 heterocycles. The van der Waals surface area contributed by atoms with E-state index in [1.807, 2.05) is 11.6 Å². The van der Waals surface area contributed by atoms with Gasteiger partial charge in [-0.25, -0.2) is 0 Å². The number of aromatic nitrogens is 2. The summed E-state index contributed by atoms with van der Waals surface area (Å²) in [5.74, 6) is 0. The monoisotopic (exact) mass is 196 g/mol. The molecule has 1 aromatic rings. The first-order valence-electron chi connectivity index (χ1n) is 5.09. The molecule has 0 saturated heterocycles. The molecule has 0 amide bonds. The van der Waals surface area contributed by atoms with Gasteiger partial charge in [0.2, 0.25) is 0 Å². The van der Waals surface area contributed by atoms with Gasteiger partial charge in [0.25, 0.3) is 0 Å². The van der Waals surface area contributed by atoms with Crippen LogP contribution in [0.4, 0.5) is 0 Å². The second-order valence-corrected chi connectivity index (χ2v) is 3.62. The van der Waals surface area contributed by atoms with Crippen LogP contribution < -0.4 is 5.73 Å². The van der Waals surface area contributed by atoms with Crippen molar-refractivity contribution in [1.82, 2.24) is 14.7 Å². The van der Waals surface area contributed by atoms with Crippen LogP contribution in [0.15, 0.2) is 6.07 Å². The smallest absolute Gasteiger partial charge is 0.0597 e. The molecule has 0 aliphatic carbocycles. The number of aryl methyl sites for hydroxylation is 2. The Morgan fingerprint density at radius 3 is 2.86 bits per heavy atom. The molecular weight excluding hydrogens is 176 g/mol. The van der Waals surface area contributed by atoms with Gasteiger partial charge in [-0.3, -0.25) is 9.58 Å². The van der Waals surface area contributed by atoms with E-state index in [-0.39, 0.29) is 0 Å². The molecule has 0 aliphatic rings. The molecule has 1 aromatic heterocycles. The summed E-state index contributed by atoms with van der Waals surface area (Å²) in [7, 11) is 2.08. The highest BCUT2D eigenvalue weighted by Crippen LogP contribution is 2.06. The first-order chi connectivity index (χ1) is 6.67. The van der Waals surface area contributed by atoms with E-state index in [4.69, 9.17) is 5.73 Å². The van der Waals surface area contributed by atoms with Gasteiger partial charge in [-0.15, -0.1) is 0 Å². The van der Waals surface area contributed by atoms with E-state index in [0.29, 0.717) is 6.54 Å². The molecule has 80 valence electrons. The Labute approximate surface area is 85.7 Å². The summed E-state index contributed by atoms with van der Waals surface area (Å²) in [5.41, 5.74) is 7.85. The van der Waals surface area contributed by atoms with E-state index >= 15 is 0 Å². The summed E-state index contributed by atoms with van der Waals surface area (Å²) in [6.45, 7) is 7.62. The molecule has 14 heavy (non-hydrogen) atoms.